The number of hydrogen-bond donors (Lipinski definition) is 0. The molecule has 0 bridgehead atoms. The average molecular weight is 364 g/mol. The van der Waals surface area contributed by atoms with Gasteiger partial charge in [-0.25, -0.2) is 4.39 Å². The van der Waals surface area contributed by atoms with Gasteiger partial charge in [0.15, 0.2) is 11.6 Å². The highest BCUT2D eigenvalue weighted by Gasteiger charge is 2.31. The van der Waals surface area contributed by atoms with Crippen LogP contribution < -0.4 is 4.74 Å². The normalized spacial score (nSPS) is 20.5. The van der Waals surface area contributed by atoms with E-state index in [1.165, 1.54) is 12.1 Å². The first-order valence-corrected chi connectivity index (χ1v) is 9.11. The molecule has 2 heterocycles. The largest absolute Gasteiger partial charge is 0.488 e. The molecule has 142 valence electrons. The molecule has 0 spiro atoms. The first-order valence-electron chi connectivity index (χ1n) is 9.11. The maximum atomic E-state index is 14.1. The van der Waals surface area contributed by atoms with E-state index in [4.69, 9.17) is 9.47 Å². The molecule has 26 heavy (non-hydrogen) atoms. The zero-order valence-corrected chi connectivity index (χ0v) is 15.2. The van der Waals surface area contributed by atoms with E-state index in [-0.39, 0.29) is 35.3 Å². The Kier molecular flexibility index (Phi) is 5.76. The molecule has 3 rings (SSSR count). The van der Waals surface area contributed by atoms with Crippen molar-refractivity contribution < 1.29 is 23.5 Å². The third-order valence-corrected chi connectivity index (χ3v) is 4.63. The van der Waals surface area contributed by atoms with Crippen LogP contribution in [0, 0.1) is 5.82 Å². The third kappa shape index (κ3) is 4.15. The van der Waals surface area contributed by atoms with Crippen molar-refractivity contribution >= 4 is 11.8 Å². The fraction of sp³-hybridized carbons (Fsp3) is 0.579. The molecule has 2 amide bonds. The molecular formula is C19H25FN2O4. The summed E-state index contributed by atoms with van der Waals surface area (Å²) >= 11 is 0. The first-order chi connectivity index (χ1) is 12.5. The van der Waals surface area contributed by atoms with E-state index in [0.29, 0.717) is 32.8 Å². The molecule has 6 nitrogen and oxygen atoms in total. The molecule has 2 aliphatic heterocycles. The maximum Gasteiger partial charge on any atom is 0.254 e. The number of ether oxygens (including phenoxy) is 2. The molecule has 1 aromatic carbocycles. The maximum absolute atomic E-state index is 14.1. The van der Waals surface area contributed by atoms with Crippen LogP contribution in [-0.4, -0.2) is 66.6 Å². The Morgan fingerprint density at radius 2 is 1.88 bits per heavy atom. The Balaban J connectivity index is 1.58. The highest BCUT2D eigenvalue weighted by molar-refractivity contribution is 5.94. The second-order valence-corrected chi connectivity index (χ2v) is 6.93. The van der Waals surface area contributed by atoms with Gasteiger partial charge in [0, 0.05) is 38.3 Å². The molecule has 2 fully saturated rings. The van der Waals surface area contributed by atoms with Crippen LogP contribution in [0.25, 0.3) is 0 Å². The predicted octanol–water partition coefficient (Wildman–Crippen LogP) is 2.08. The number of halogens is 1. The molecule has 2 aliphatic rings. The lowest BCUT2D eigenvalue weighted by atomic mass is 10.1. The topological polar surface area (TPSA) is 59.1 Å². The summed E-state index contributed by atoms with van der Waals surface area (Å²) in [6, 6.07) is 4.27. The number of hydrogen-bond acceptors (Lipinski definition) is 4. The van der Waals surface area contributed by atoms with Gasteiger partial charge in [0.2, 0.25) is 0 Å². The van der Waals surface area contributed by atoms with Gasteiger partial charge in [-0.15, -0.1) is 0 Å². The van der Waals surface area contributed by atoms with Crippen molar-refractivity contribution in [1.29, 1.82) is 0 Å². The van der Waals surface area contributed by atoms with Crippen LogP contribution in [0.2, 0.25) is 0 Å². The van der Waals surface area contributed by atoms with Crippen LogP contribution >= 0.6 is 0 Å². The van der Waals surface area contributed by atoms with Gasteiger partial charge in [0.25, 0.3) is 11.8 Å². The Labute approximate surface area is 152 Å². The molecule has 1 unspecified atom stereocenters. The summed E-state index contributed by atoms with van der Waals surface area (Å²) in [5.74, 6) is -0.625. The van der Waals surface area contributed by atoms with Gasteiger partial charge in [-0.3, -0.25) is 9.59 Å². The molecule has 0 radical (unpaired) electrons. The molecule has 1 atom stereocenters. The zero-order valence-electron chi connectivity index (χ0n) is 15.2. The molecule has 7 heteroatoms. The fourth-order valence-electron chi connectivity index (χ4n) is 3.27. The summed E-state index contributed by atoms with van der Waals surface area (Å²) in [6.45, 7) is 6.08. The number of nitrogens with zero attached hydrogens (tertiary/aromatic N) is 2. The lowest BCUT2D eigenvalue weighted by Gasteiger charge is -2.35. The minimum Gasteiger partial charge on any atom is -0.488 e. The van der Waals surface area contributed by atoms with Crippen LogP contribution in [0.4, 0.5) is 4.39 Å². The van der Waals surface area contributed by atoms with E-state index in [9.17, 15) is 14.0 Å². The monoisotopic (exact) mass is 364 g/mol. The molecular weight excluding hydrogens is 339 g/mol. The summed E-state index contributed by atoms with van der Waals surface area (Å²) in [7, 11) is 0. The molecule has 2 saturated heterocycles. The van der Waals surface area contributed by atoms with E-state index in [1.54, 1.807) is 15.9 Å². The van der Waals surface area contributed by atoms with Gasteiger partial charge in [0.1, 0.15) is 6.10 Å². The highest BCUT2D eigenvalue weighted by atomic mass is 19.1. The smallest absolute Gasteiger partial charge is 0.254 e. The standard InChI is InChI=1S/C19H25FN2O4/c1-13(2)26-16-6-5-14(12-15(16)20)18(23)21-7-9-22(10-8-21)19(24)17-4-3-11-25-17/h5-6,12-13,17H,3-4,7-11H2,1-2H3. The SMILES string of the molecule is CC(C)Oc1ccc(C(=O)N2CCN(C(=O)C3CCCO3)CC2)cc1F. The van der Waals surface area contributed by atoms with Crippen LogP contribution in [0.3, 0.4) is 0 Å². The lowest BCUT2D eigenvalue weighted by molar-refractivity contribution is -0.142. The second kappa shape index (κ2) is 8.03. The quantitative estimate of drug-likeness (QED) is 0.821. The highest BCUT2D eigenvalue weighted by Crippen LogP contribution is 2.21. The van der Waals surface area contributed by atoms with Crippen molar-refractivity contribution in [2.75, 3.05) is 32.8 Å². The number of amides is 2. The minimum absolute atomic E-state index is 0.0100. The van der Waals surface area contributed by atoms with Gasteiger partial charge in [0.05, 0.1) is 6.10 Å². The second-order valence-electron chi connectivity index (χ2n) is 6.93. The Morgan fingerprint density at radius 1 is 1.19 bits per heavy atom. The fourth-order valence-corrected chi connectivity index (χ4v) is 3.27. The number of carbonyl (C=O) groups excluding carboxylic acids is 2. The van der Waals surface area contributed by atoms with Crippen LogP contribution in [0.15, 0.2) is 18.2 Å². The third-order valence-electron chi connectivity index (χ3n) is 4.63. The van der Waals surface area contributed by atoms with E-state index in [0.717, 1.165) is 12.8 Å². The van der Waals surface area contributed by atoms with Crippen molar-refractivity contribution in [3.05, 3.63) is 29.6 Å². The molecule has 0 aromatic heterocycles. The van der Waals surface area contributed by atoms with Crippen molar-refractivity contribution in [1.82, 2.24) is 9.80 Å². The van der Waals surface area contributed by atoms with Crippen LogP contribution in [0.1, 0.15) is 37.0 Å². The Hall–Kier alpha value is -2.15. The molecule has 0 saturated carbocycles. The Bertz CT molecular complexity index is 666. The first kappa shape index (κ1) is 18.6. The van der Waals surface area contributed by atoms with Gasteiger partial charge in [-0.1, -0.05) is 0 Å². The van der Waals surface area contributed by atoms with E-state index in [1.807, 2.05) is 13.8 Å². The van der Waals surface area contributed by atoms with Crippen molar-refractivity contribution in [3.63, 3.8) is 0 Å². The number of carbonyl (C=O) groups is 2. The number of rotatable bonds is 4. The van der Waals surface area contributed by atoms with E-state index >= 15 is 0 Å². The van der Waals surface area contributed by atoms with Crippen molar-refractivity contribution in [2.24, 2.45) is 0 Å². The summed E-state index contributed by atoms with van der Waals surface area (Å²) in [5.41, 5.74) is 0.289. The van der Waals surface area contributed by atoms with E-state index in [2.05, 4.69) is 0 Å². The summed E-state index contributed by atoms with van der Waals surface area (Å²) < 4.78 is 24.9. The average Bonchev–Trinajstić information content (AvgIpc) is 3.16. The van der Waals surface area contributed by atoms with Gasteiger partial charge in [-0.05, 0) is 44.9 Å². The number of piperazine rings is 1. The van der Waals surface area contributed by atoms with Gasteiger partial charge in [-0.2, -0.15) is 0 Å². The molecule has 0 N–H and O–H groups in total. The Morgan fingerprint density at radius 3 is 2.46 bits per heavy atom. The summed E-state index contributed by atoms with van der Waals surface area (Å²) in [6.07, 6.45) is 1.21. The van der Waals surface area contributed by atoms with Gasteiger partial charge < -0.3 is 19.3 Å². The molecule has 0 aliphatic carbocycles. The zero-order chi connectivity index (χ0) is 18.7. The van der Waals surface area contributed by atoms with Crippen molar-refractivity contribution in [3.8, 4) is 5.75 Å². The predicted molar refractivity (Wildman–Crippen MR) is 93.6 cm³/mol. The van der Waals surface area contributed by atoms with Crippen LogP contribution in [0.5, 0.6) is 5.75 Å². The van der Waals surface area contributed by atoms with E-state index < -0.39 is 5.82 Å². The summed E-state index contributed by atoms with van der Waals surface area (Å²) in [5, 5.41) is 0. The van der Waals surface area contributed by atoms with Gasteiger partial charge >= 0.3 is 0 Å². The lowest BCUT2D eigenvalue weighted by Crippen LogP contribution is -2.52. The number of benzene rings is 1. The minimum atomic E-state index is -0.545. The van der Waals surface area contributed by atoms with Crippen molar-refractivity contribution in [2.45, 2.75) is 38.9 Å². The van der Waals surface area contributed by atoms with Crippen LogP contribution in [-0.2, 0) is 9.53 Å². The summed E-state index contributed by atoms with van der Waals surface area (Å²) in [4.78, 5) is 28.4. The molecule has 1 aromatic rings.